The summed E-state index contributed by atoms with van der Waals surface area (Å²) in [7, 11) is 0. The summed E-state index contributed by atoms with van der Waals surface area (Å²) in [5, 5.41) is 11.3. The molecule has 3 nitrogen and oxygen atoms in total. The number of benzene rings is 1. The number of hydrogen-bond acceptors (Lipinski definition) is 2. The molecule has 0 heterocycles. The summed E-state index contributed by atoms with van der Waals surface area (Å²) in [6.45, 7) is 3.64. The Morgan fingerprint density at radius 2 is 2.29 bits per heavy atom. The van der Waals surface area contributed by atoms with E-state index >= 15 is 0 Å². The van der Waals surface area contributed by atoms with E-state index in [2.05, 4.69) is 5.32 Å². The van der Waals surface area contributed by atoms with Gasteiger partial charge in [0, 0.05) is 11.6 Å². The van der Waals surface area contributed by atoms with Crippen LogP contribution in [-0.2, 0) is 0 Å². The second-order valence-corrected chi connectivity index (χ2v) is 3.90. The van der Waals surface area contributed by atoms with Gasteiger partial charge in [-0.3, -0.25) is 4.79 Å². The fourth-order valence-electron chi connectivity index (χ4n) is 1.51. The van der Waals surface area contributed by atoms with Crippen molar-refractivity contribution >= 4 is 5.91 Å². The molecule has 0 fully saturated rings. The summed E-state index contributed by atoms with van der Waals surface area (Å²) in [5.74, 6) is -0.766. The van der Waals surface area contributed by atoms with E-state index < -0.39 is 5.82 Å². The number of nitrogens with one attached hydrogen (secondary N) is 1. The molecule has 1 N–H and O–H groups in total. The van der Waals surface area contributed by atoms with Crippen molar-refractivity contribution in [3.05, 3.63) is 35.1 Å². The Bertz CT molecular complexity index is 451. The molecule has 0 saturated heterocycles. The van der Waals surface area contributed by atoms with E-state index in [0.29, 0.717) is 12.0 Å². The largest absolute Gasteiger partial charge is 0.348 e. The average molecular weight is 234 g/mol. The maximum absolute atomic E-state index is 13.0. The Balaban J connectivity index is 2.82. The van der Waals surface area contributed by atoms with Crippen LogP contribution in [0.15, 0.2) is 18.2 Å². The van der Waals surface area contributed by atoms with E-state index in [-0.39, 0.29) is 18.4 Å². The first-order valence-corrected chi connectivity index (χ1v) is 5.52. The van der Waals surface area contributed by atoms with Gasteiger partial charge in [-0.15, -0.1) is 0 Å². The van der Waals surface area contributed by atoms with Gasteiger partial charge in [-0.05, 0) is 31.0 Å². The molecule has 17 heavy (non-hydrogen) atoms. The molecule has 1 rings (SSSR count). The van der Waals surface area contributed by atoms with Crippen LogP contribution in [0.4, 0.5) is 4.39 Å². The highest BCUT2D eigenvalue weighted by molar-refractivity contribution is 5.95. The van der Waals surface area contributed by atoms with Gasteiger partial charge in [-0.2, -0.15) is 5.26 Å². The molecule has 0 saturated carbocycles. The van der Waals surface area contributed by atoms with Gasteiger partial charge in [-0.1, -0.05) is 13.0 Å². The zero-order valence-corrected chi connectivity index (χ0v) is 9.96. The van der Waals surface area contributed by atoms with Crippen LogP contribution in [0.1, 0.15) is 35.7 Å². The SMILES string of the molecule is CCC(CC#N)NC(=O)c1cc(F)ccc1C. The summed E-state index contributed by atoms with van der Waals surface area (Å²) in [5.41, 5.74) is 1.04. The van der Waals surface area contributed by atoms with Crippen molar-refractivity contribution < 1.29 is 9.18 Å². The molecule has 0 aliphatic heterocycles. The zero-order valence-electron chi connectivity index (χ0n) is 9.96. The Labute approximate surface area is 100 Å². The summed E-state index contributed by atoms with van der Waals surface area (Å²) in [4.78, 5) is 11.9. The third kappa shape index (κ3) is 3.56. The molecule has 0 aliphatic carbocycles. The van der Waals surface area contributed by atoms with Crippen LogP contribution in [-0.4, -0.2) is 11.9 Å². The van der Waals surface area contributed by atoms with Crippen LogP contribution in [0.2, 0.25) is 0 Å². The number of halogens is 1. The fourth-order valence-corrected chi connectivity index (χ4v) is 1.51. The number of carbonyl (C=O) groups excluding carboxylic acids is 1. The molecule has 0 bridgehead atoms. The van der Waals surface area contributed by atoms with Gasteiger partial charge in [0.25, 0.3) is 5.91 Å². The van der Waals surface area contributed by atoms with Crippen molar-refractivity contribution in [2.75, 3.05) is 0 Å². The van der Waals surface area contributed by atoms with E-state index in [0.717, 1.165) is 5.56 Å². The van der Waals surface area contributed by atoms with Crippen molar-refractivity contribution in [1.82, 2.24) is 5.32 Å². The molecular weight excluding hydrogens is 219 g/mol. The lowest BCUT2D eigenvalue weighted by atomic mass is 10.1. The molecule has 0 radical (unpaired) electrons. The third-order valence-electron chi connectivity index (χ3n) is 2.61. The molecule has 90 valence electrons. The minimum atomic E-state index is -0.436. The number of hydrogen-bond donors (Lipinski definition) is 1. The van der Waals surface area contributed by atoms with Crippen LogP contribution >= 0.6 is 0 Å². The Hall–Kier alpha value is -1.89. The number of carbonyl (C=O) groups is 1. The van der Waals surface area contributed by atoms with Gasteiger partial charge in [-0.25, -0.2) is 4.39 Å². The zero-order chi connectivity index (χ0) is 12.8. The summed E-state index contributed by atoms with van der Waals surface area (Å²) in [6.07, 6.45) is 0.935. The van der Waals surface area contributed by atoms with Crippen molar-refractivity contribution in [2.24, 2.45) is 0 Å². The maximum Gasteiger partial charge on any atom is 0.251 e. The molecule has 0 spiro atoms. The molecule has 1 aromatic rings. The summed E-state index contributed by atoms with van der Waals surface area (Å²) < 4.78 is 13.0. The highest BCUT2D eigenvalue weighted by Crippen LogP contribution is 2.11. The molecular formula is C13H15FN2O. The Morgan fingerprint density at radius 1 is 1.59 bits per heavy atom. The number of rotatable bonds is 4. The minimum absolute atomic E-state index is 0.185. The molecule has 1 atom stereocenters. The number of nitrogens with zero attached hydrogens (tertiary/aromatic N) is 1. The van der Waals surface area contributed by atoms with Crippen LogP contribution in [0, 0.1) is 24.1 Å². The standard InChI is InChI=1S/C13H15FN2O/c1-3-11(6-7-15)16-13(17)12-8-10(14)5-4-9(12)2/h4-5,8,11H,3,6H2,1-2H3,(H,16,17). The monoisotopic (exact) mass is 234 g/mol. The second kappa shape index (κ2) is 6.00. The lowest BCUT2D eigenvalue weighted by Gasteiger charge is -2.14. The van der Waals surface area contributed by atoms with Crippen molar-refractivity contribution in [3.8, 4) is 6.07 Å². The minimum Gasteiger partial charge on any atom is -0.348 e. The number of nitriles is 1. The fraction of sp³-hybridized carbons (Fsp3) is 0.385. The van der Waals surface area contributed by atoms with Crippen molar-refractivity contribution in [2.45, 2.75) is 32.7 Å². The third-order valence-corrected chi connectivity index (χ3v) is 2.61. The molecule has 1 unspecified atom stereocenters. The van der Waals surface area contributed by atoms with E-state index in [1.165, 1.54) is 12.1 Å². The lowest BCUT2D eigenvalue weighted by molar-refractivity contribution is 0.0935. The van der Waals surface area contributed by atoms with Crippen molar-refractivity contribution in [1.29, 1.82) is 5.26 Å². The highest BCUT2D eigenvalue weighted by Gasteiger charge is 2.14. The van der Waals surface area contributed by atoms with Gasteiger partial charge in [0.2, 0.25) is 0 Å². The van der Waals surface area contributed by atoms with Gasteiger partial charge >= 0.3 is 0 Å². The normalized spacial score (nSPS) is 11.6. The first-order chi connectivity index (χ1) is 8.08. The summed E-state index contributed by atoms with van der Waals surface area (Å²) >= 11 is 0. The first-order valence-electron chi connectivity index (χ1n) is 5.52. The smallest absolute Gasteiger partial charge is 0.251 e. The first kappa shape index (κ1) is 13.2. The van der Waals surface area contributed by atoms with Crippen LogP contribution in [0.25, 0.3) is 0 Å². The van der Waals surface area contributed by atoms with Crippen LogP contribution in [0.3, 0.4) is 0 Å². The van der Waals surface area contributed by atoms with Gasteiger partial charge in [0.05, 0.1) is 12.5 Å². The van der Waals surface area contributed by atoms with Crippen LogP contribution in [0.5, 0.6) is 0 Å². The molecule has 0 aromatic heterocycles. The van der Waals surface area contributed by atoms with Crippen molar-refractivity contribution in [3.63, 3.8) is 0 Å². The van der Waals surface area contributed by atoms with Gasteiger partial charge < -0.3 is 5.32 Å². The Morgan fingerprint density at radius 3 is 2.88 bits per heavy atom. The average Bonchev–Trinajstić information content (AvgIpc) is 2.31. The predicted octanol–water partition coefficient (Wildman–Crippen LogP) is 2.56. The molecule has 0 aliphatic rings. The van der Waals surface area contributed by atoms with E-state index in [4.69, 9.17) is 5.26 Å². The Kier molecular flexibility index (Phi) is 4.65. The molecule has 1 amide bonds. The topological polar surface area (TPSA) is 52.9 Å². The number of amides is 1. The van der Waals surface area contributed by atoms with E-state index in [1.807, 2.05) is 13.0 Å². The van der Waals surface area contributed by atoms with E-state index in [9.17, 15) is 9.18 Å². The van der Waals surface area contributed by atoms with Crippen LogP contribution < -0.4 is 5.32 Å². The quantitative estimate of drug-likeness (QED) is 0.870. The van der Waals surface area contributed by atoms with Gasteiger partial charge in [0.15, 0.2) is 0 Å². The predicted molar refractivity (Wildman–Crippen MR) is 62.9 cm³/mol. The van der Waals surface area contributed by atoms with E-state index in [1.54, 1.807) is 13.0 Å². The second-order valence-electron chi connectivity index (χ2n) is 3.90. The highest BCUT2D eigenvalue weighted by atomic mass is 19.1. The number of aryl methyl sites for hydroxylation is 1. The molecule has 4 heteroatoms. The molecule has 1 aromatic carbocycles. The lowest BCUT2D eigenvalue weighted by Crippen LogP contribution is -2.34. The summed E-state index contributed by atoms with van der Waals surface area (Å²) in [6, 6.07) is 5.92. The maximum atomic E-state index is 13.0. The van der Waals surface area contributed by atoms with Gasteiger partial charge in [0.1, 0.15) is 5.82 Å².